The van der Waals surface area contributed by atoms with Crippen LogP contribution in [0.2, 0.25) is 0 Å². The van der Waals surface area contributed by atoms with Crippen LogP contribution in [0.1, 0.15) is 30.2 Å². The molecule has 3 aromatic carbocycles. The summed E-state index contributed by atoms with van der Waals surface area (Å²) in [5.41, 5.74) is 2.98. The third-order valence-electron chi connectivity index (χ3n) is 5.08. The molecular formula is C22H21NO. The summed E-state index contributed by atoms with van der Waals surface area (Å²) in [7, 11) is 0. The van der Waals surface area contributed by atoms with Gasteiger partial charge in [-0.05, 0) is 30.2 Å². The highest BCUT2D eigenvalue weighted by molar-refractivity contribution is 5.64. The molecule has 1 unspecified atom stereocenters. The Morgan fingerprint density at radius 3 is 1.88 bits per heavy atom. The highest BCUT2D eigenvalue weighted by Gasteiger charge is 2.64. The second-order valence-electron chi connectivity index (χ2n) is 6.56. The fraction of sp³-hybridized carbons (Fsp3) is 0.182. The van der Waals surface area contributed by atoms with Crippen molar-refractivity contribution in [2.75, 3.05) is 4.90 Å². The SMILES string of the molecule is C[C@@]1(C(O)c2ccccc2)[C@@H](c2ccccc2)N1c1ccccc1. The fourth-order valence-electron chi connectivity index (χ4n) is 3.80. The van der Waals surface area contributed by atoms with E-state index in [1.54, 1.807) is 0 Å². The number of aliphatic hydroxyl groups excluding tert-OH is 1. The van der Waals surface area contributed by atoms with Crippen LogP contribution < -0.4 is 4.90 Å². The topological polar surface area (TPSA) is 23.2 Å². The summed E-state index contributed by atoms with van der Waals surface area (Å²) in [4.78, 5) is 2.32. The van der Waals surface area contributed by atoms with Gasteiger partial charge >= 0.3 is 0 Å². The minimum absolute atomic E-state index is 0.163. The van der Waals surface area contributed by atoms with Crippen molar-refractivity contribution in [3.05, 3.63) is 102 Å². The molecule has 1 aliphatic rings. The molecule has 0 bridgehead atoms. The average Bonchev–Trinajstić information content (AvgIpc) is 3.30. The number of hydrogen-bond acceptors (Lipinski definition) is 2. The lowest BCUT2D eigenvalue weighted by Crippen LogP contribution is -2.24. The zero-order valence-corrected chi connectivity index (χ0v) is 13.7. The molecule has 2 heteroatoms. The normalized spacial score (nSPS) is 23.8. The molecule has 1 fully saturated rings. The molecule has 1 heterocycles. The van der Waals surface area contributed by atoms with Gasteiger partial charge in [-0.2, -0.15) is 0 Å². The van der Waals surface area contributed by atoms with Gasteiger partial charge in [0.05, 0.1) is 11.6 Å². The van der Waals surface area contributed by atoms with Crippen LogP contribution in [-0.2, 0) is 0 Å². The summed E-state index contributed by atoms with van der Waals surface area (Å²) >= 11 is 0. The maximum atomic E-state index is 11.1. The van der Waals surface area contributed by atoms with Crippen LogP contribution in [0.5, 0.6) is 0 Å². The third-order valence-corrected chi connectivity index (χ3v) is 5.08. The number of anilines is 1. The summed E-state index contributed by atoms with van der Waals surface area (Å²) in [5, 5.41) is 11.1. The lowest BCUT2D eigenvalue weighted by molar-refractivity contribution is 0.138. The number of nitrogens with zero attached hydrogens (tertiary/aromatic N) is 1. The maximum absolute atomic E-state index is 11.1. The van der Waals surface area contributed by atoms with Gasteiger partial charge in [0.25, 0.3) is 0 Å². The molecule has 0 spiro atoms. The van der Waals surface area contributed by atoms with Gasteiger partial charge in [-0.25, -0.2) is 0 Å². The van der Waals surface area contributed by atoms with E-state index in [0.717, 1.165) is 11.3 Å². The van der Waals surface area contributed by atoms with Crippen molar-refractivity contribution in [3.8, 4) is 0 Å². The van der Waals surface area contributed by atoms with Gasteiger partial charge in [-0.3, -0.25) is 0 Å². The van der Waals surface area contributed by atoms with Crippen LogP contribution in [0.15, 0.2) is 91.0 Å². The van der Waals surface area contributed by atoms with Gasteiger partial charge < -0.3 is 10.0 Å². The molecule has 0 radical (unpaired) electrons. The van der Waals surface area contributed by atoms with Crippen molar-refractivity contribution in [1.82, 2.24) is 0 Å². The van der Waals surface area contributed by atoms with Gasteiger partial charge in [0, 0.05) is 5.69 Å². The van der Waals surface area contributed by atoms with E-state index < -0.39 is 6.10 Å². The first-order chi connectivity index (χ1) is 11.7. The fourth-order valence-corrected chi connectivity index (χ4v) is 3.80. The molecule has 4 rings (SSSR count). The van der Waals surface area contributed by atoms with Crippen molar-refractivity contribution in [2.24, 2.45) is 0 Å². The third kappa shape index (κ3) is 2.31. The highest BCUT2D eigenvalue weighted by Crippen LogP contribution is 2.61. The Morgan fingerprint density at radius 2 is 1.29 bits per heavy atom. The standard InChI is InChI=1S/C22H21NO/c1-22(21(24)18-13-7-3-8-14-18)20(17-11-5-2-6-12-17)23(22)19-15-9-4-10-16-19/h2-16,20-21,24H,1H3/t20-,21?,22+,23?/m1/s1. The van der Waals surface area contributed by atoms with Crippen molar-refractivity contribution in [1.29, 1.82) is 0 Å². The van der Waals surface area contributed by atoms with Gasteiger partial charge in [0.2, 0.25) is 0 Å². The van der Waals surface area contributed by atoms with Crippen molar-refractivity contribution >= 4 is 5.69 Å². The molecule has 3 aromatic rings. The first kappa shape index (κ1) is 15.0. The highest BCUT2D eigenvalue weighted by atomic mass is 16.3. The maximum Gasteiger partial charge on any atom is 0.104 e. The van der Waals surface area contributed by atoms with Crippen molar-refractivity contribution in [3.63, 3.8) is 0 Å². The quantitative estimate of drug-likeness (QED) is 0.703. The number of rotatable bonds is 4. The van der Waals surface area contributed by atoms with Crippen LogP contribution in [0.3, 0.4) is 0 Å². The predicted octanol–water partition coefficient (Wildman–Crippen LogP) is 4.74. The van der Waals surface area contributed by atoms with Gasteiger partial charge in [-0.1, -0.05) is 78.9 Å². The summed E-state index contributed by atoms with van der Waals surface area (Å²) < 4.78 is 0. The van der Waals surface area contributed by atoms with Crippen molar-refractivity contribution in [2.45, 2.75) is 24.6 Å². The Labute approximate surface area is 143 Å². The van der Waals surface area contributed by atoms with E-state index in [1.165, 1.54) is 5.56 Å². The summed E-state index contributed by atoms with van der Waals surface area (Å²) in [6.45, 7) is 2.15. The zero-order chi connectivity index (χ0) is 16.6. The summed E-state index contributed by atoms with van der Waals surface area (Å²) in [6.07, 6.45) is -0.552. The summed E-state index contributed by atoms with van der Waals surface area (Å²) in [5.74, 6) is 0. The Morgan fingerprint density at radius 1 is 0.792 bits per heavy atom. The van der Waals surface area contributed by atoms with E-state index in [9.17, 15) is 5.11 Å². The van der Waals surface area contributed by atoms with Crippen LogP contribution in [0, 0.1) is 0 Å². The molecule has 120 valence electrons. The Hall–Kier alpha value is -2.58. The molecular weight excluding hydrogens is 294 g/mol. The van der Waals surface area contributed by atoms with Crippen molar-refractivity contribution < 1.29 is 5.11 Å². The first-order valence-corrected chi connectivity index (χ1v) is 8.35. The smallest absolute Gasteiger partial charge is 0.104 e. The minimum atomic E-state index is -0.552. The predicted molar refractivity (Wildman–Crippen MR) is 97.9 cm³/mol. The number of para-hydroxylation sites is 1. The second-order valence-corrected chi connectivity index (χ2v) is 6.56. The Bertz CT molecular complexity index is 756. The Balaban J connectivity index is 1.76. The molecule has 1 aliphatic heterocycles. The van der Waals surface area contributed by atoms with Gasteiger partial charge in [0.15, 0.2) is 0 Å². The first-order valence-electron chi connectivity index (χ1n) is 8.35. The van der Waals surface area contributed by atoms with E-state index in [1.807, 2.05) is 54.6 Å². The van der Waals surface area contributed by atoms with Crippen LogP contribution in [0.4, 0.5) is 5.69 Å². The van der Waals surface area contributed by atoms with Crippen LogP contribution in [-0.4, -0.2) is 10.6 Å². The lowest BCUT2D eigenvalue weighted by atomic mass is 9.91. The second kappa shape index (κ2) is 5.81. The molecule has 0 saturated carbocycles. The van der Waals surface area contributed by atoms with Gasteiger partial charge in [0.1, 0.15) is 6.10 Å². The van der Waals surface area contributed by atoms with E-state index in [2.05, 4.69) is 48.2 Å². The van der Waals surface area contributed by atoms with E-state index in [-0.39, 0.29) is 11.6 Å². The molecule has 2 nitrogen and oxygen atoms in total. The molecule has 0 aliphatic carbocycles. The monoisotopic (exact) mass is 315 g/mol. The molecule has 3 atom stereocenters. The average molecular weight is 315 g/mol. The molecule has 0 aromatic heterocycles. The molecule has 1 N–H and O–H groups in total. The summed E-state index contributed by atoms with van der Waals surface area (Å²) in [6, 6.07) is 30.9. The Kier molecular flexibility index (Phi) is 3.62. The number of aliphatic hydroxyl groups is 1. The van der Waals surface area contributed by atoms with E-state index >= 15 is 0 Å². The lowest BCUT2D eigenvalue weighted by Gasteiger charge is -2.20. The molecule has 24 heavy (non-hydrogen) atoms. The largest absolute Gasteiger partial charge is 0.386 e. The molecule has 1 saturated heterocycles. The number of hydrogen-bond donors (Lipinski definition) is 1. The van der Waals surface area contributed by atoms with Crippen LogP contribution >= 0.6 is 0 Å². The van der Waals surface area contributed by atoms with Crippen LogP contribution in [0.25, 0.3) is 0 Å². The number of benzene rings is 3. The van der Waals surface area contributed by atoms with E-state index in [0.29, 0.717) is 0 Å². The zero-order valence-electron chi connectivity index (χ0n) is 13.7. The minimum Gasteiger partial charge on any atom is -0.386 e. The molecule has 0 amide bonds. The van der Waals surface area contributed by atoms with Gasteiger partial charge in [-0.15, -0.1) is 0 Å². The van der Waals surface area contributed by atoms with E-state index in [4.69, 9.17) is 0 Å².